The minimum atomic E-state index is -0.827. The van der Waals surface area contributed by atoms with Crippen molar-refractivity contribution in [3.05, 3.63) is 23.8 Å². The Balaban J connectivity index is 2.24. The fourth-order valence-electron chi connectivity index (χ4n) is 2.96. The number of aliphatic carboxylic acids is 1. The smallest absolute Gasteiger partial charge is 0.306 e. The largest absolute Gasteiger partial charge is 0.493 e. The lowest BCUT2D eigenvalue weighted by Crippen LogP contribution is -2.23. The van der Waals surface area contributed by atoms with Crippen molar-refractivity contribution in [2.45, 2.75) is 25.4 Å². The molecule has 0 aromatic heterocycles. The maximum absolute atomic E-state index is 11.2. The van der Waals surface area contributed by atoms with E-state index < -0.39 is 18.0 Å². The van der Waals surface area contributed by atoms with Crippen molar-refractivity contribution in [2.24, 2.45) is 11.8 Å². The molecule has 0 heterocycles. The molecule has 2 N–H and O–H groups in total. The second-order valence-electron chi connectivity index (χ2n) is 5.10. The van der Waals surface area contributed by atoms with Crippen LogP contribution in [0.5, 0.6) is 11.5 Å². The summed E-state index contributed by atoms with van der Waals surface area (Å²) in [6.07, 6.45) is 1.40. The van der Waals surface area contributed by atoms with Crippen molar-refractivity contribution in [1.82, 2.24) is 0 Å². The highest BCUT2D eigenvalue weighted by Crippen LogP contribution is 2.42. The quantitative estimate of drug-likeness (QED) is 0.865. The van der Waals surface area contributed by atoms with Gasteiger partial charge in [-0.2, -0.15) is 0 Å². The van der Waals surface area contributed by atoms with Gasteiger partial charge >= 0.3 is 5.97 Å². The van der Waals surface area contributed by atoms with Gasteiger partial charge in [-0.1, -0.05) is 12.5 Å². The molecule has 0 spiro atoms. The summed E-state index contributed by atoms with van der Waals surface area (Å²) in [5, 5.41) is 19.7. The number of carboxylic acids is 1. The Labute approximate surface area is 118 Å². The number of rotatable bonds is 5. The van der Waals surface area contributed by atoms with Crippen molar-refractivity contribution in [3.8, 4) is 11.5 Å². The van der Waals surface area contributed by atoms with Gasteiger partial charge in [0.25, 0.3) is 0 Å². The first-order valence-corrected chi connectivity index (χ1v) is 6.71. The summed E-state index contributed by atoms with van der Waals surface area (Å²) in [7, 11) is 3.08. The lowest BCUT2D eigenvalue weighted by Gasteiger charge is -2.23. The molecule has 2 rings (SSSR count). The predicted octanol–water partition coefficient (Wildman–Crippen LogP) is 2.24. The van der Waals surface area contributed by atoms with Crippen LogP contribution in [-0.2, 0) is 4.79 Å². The standard InChI is InChI=1S/C15H20O5/c1-19-12-7-6-9(8-13(12)20-2)14(16)10-4-3-5-11(10)15(17)18/h6-8,10-11,14,16H,3-5H2,1-2H3,(H,17,18). The summed E-state index contributed by atoms with van der Waals surface area (Å²) in [5.74, 6) is -0.422. The average molecular weight is 280 g/mol. The third-order valence-electron chi connectivity index (χ3n) is 4.04. The second kappa shape index (κ2) is 6.13. The number of methoxy groups -OCH3 is 2. The van der Waals surface area contributed by atoms with Crippen LogP contribution in [0.25, 0.3) is 0 Å². The van der Waals surface area contributed by atoms with E-state index in [0.29, 0.717) is 23.5 Å². The Kier molecular flexibility index (Phi) is 4.49. The van der Waals surface area contributed by atoms with E-state index in [-0.39, 0.29) is 5.92 Å². The number of benzene rings is 1. The Morgan fingerprint density at radius 3 is 2.55 bits per heavy atom. The highest BCUT2D eigenvalue weighted by atomic mass is 16.5. The molecular weight excluding hydrogens is 260 g/mol. The van der Waals surface area contributed by atoms with Crippen LogP contribution in [0.4, 0.5) is 0 Å². The van der Waals surface area contributed by atoms with Gasteiger partial charge < -0.3 is 19.7 Å². The lowest BCUT2D eigenvalue weighted by atomic mass is 9.87. The summed E-state index contributed by atoms with van der Waals surface area (Å²) in [6.45, 7) is 0. The fraction of sp³-hybridized carbons (Fsp3) is 0.533. The molecule has 1 fully saturated rings. The third kappa shape index (κ3) is 2.72. The van der Waals surface area contributed by atoms with Crippen molar-refractivity contribution < 1.29 is 24.5 Å². The number of carboxylic acid groups (broad SMARTS) is 1. The van der Waals surface area contributed by atoms with Gasteiger partial charge in [0.1, 0.15) is 0 Å². The first-order chi connectivity index (χ1) is 9.58. The molecule has 3 unspecified atom stereocenters. The molecule has 0 radical (unpaired) electrons. The van der Waals surface area contributed by atoms with Crippen LogP contribution in [0.1, 0.15) is 30.9 Å². The summed E-state index contributed by atoms with van der Waals surface area (Å²) in [6, 6.07) is 5.19. The van der Waals surface area contributed by atoms with E-state index >= 15 is 0 Å². The van der Waals surface area contributed by atoms with E-state index in [1.165, 1.54) is 7.11 Å². The molecule has 0 amide bonds. The van der Waals surface area contributed by atoms with Gasteiger partial charge in [-0.25, -0.2) is 0 Å². The van der Waals surface area contributed by atoms with Gasteiger partial charge in [0.15, 0.2) is 11.5 Å². The van der Waals surface area contributed by atoms with Crippen LogP contribution >= 0.6 is 0 Å². The number of hydrogen-bond donors (Lipinski definition) is 2. The maximum atomic E-state index is 11.2. The van der Waals surface area contributed by atoms with Crippen LogP contribution in [0.15, 0.2) is 18.2 Å². The number of carbonyl (C=O) groups is 1. The molecule has 1 aromatic rings. The molecule has 0 aliphatic heterocycles. The second-order valence-corrected chi connectivity index (χ2v) is 5.10. The molecule has 1 aliphatic rings. The fourth-order valence-corrected chi connectivity index (χ4v) is 2.96. The molecule has 0 bridgehead atoms. The number of aliphatic hydroxyl groups is 1. The zero-order chi connectivity index (χ0) is 14.7. The van der Waals surface area contributed by atoms with Crippen LogP contribution in [-0.4, -0.2) is 30.4 Å². The predicted molar refractivity (Wildman–Crippen MR) is 73.0 cm³/mol. The molecule has 110 valence electrons. The van der Waals surface area contributed by atoms with E-state index in [2.05, 4.69) is 0 Å². The first-order valence-electron chi connectivity index (χ1n) is 6.71. The molecule has 5 nitrogen and oxygen atoms in total. The molecular formula is C15H20O5. The lowest BCUT2D eigenvalue weighted by molar-refractivity contribution is -0.144. The molecule has 0 saturated heterocycles. The minimum absolute atomic E-state index is 0.245. The van der Waals surface area contributed by atoms with Gasteiger partial charge in [-0.3, -0.25) is 4.79 Å². The summed E-state index contributed by atoms with van der Waals surface area (Å²) in [5.41, 5.74) is 0.667. The Morgan fingerprint density at radius 1 is 1.25 bits per heavy atom. The zero-order valence-corrected chi connectivity index (χ0v) is 11.7. The van der Waals surface area contributed by atoms with E-state index in [1.54, 1.807) is 25.3 Å². The van der Waals surface area contributed by atoms with Gasteiger partial charge in [-0.05, 0) is 30.5 Å². The molecule has 5 heteroatoms. The zero-order valence-electron chi connectivity index (χ0n) is 11.7. The Morgan fingerprint density at radius 2 is 1.95 bits per heavy atom. The van der Waals surface area contributed by atoms with Crippen molar-refractivity contribution >= 4 is 5.97 Å². The van der Waals surface area contributed by atoms with Crippen molar-refractivity contribution in [1.29, 1.82) is 0 Å². The van der Waals surface area contributed by atoms with Gasteiger partial charge in [0.05, 0.1) is 26.2 Å². The highest BCUT2D eigenvalue weighted by molar-refractivity contribution is 5.70. The van der Waals surface area contributed by atoms with Crippen LogP contribution in [0.2, 0.25) is 0 Å². The monoisotopic (exact) mass is 280 g/mol. The summed E-state index contributed by atoms with van der Waals surface area (Å²) < 4.78 is 10.4. The highest BCUT2D eigenvalue weighted by Gasteiger charge is 2.38. The molecule has 1 saturated carbocycles. The molecule has 20 heavy (non-hydrogen) atoms. The first kappa shape index (κ1) is 14.7. The van der Waals surface area contributed by atoms with Crippen molar-refractivity contribution in [2.75, 3.05) is 14.2 Å². The Bertz CT molecular complexity index is 485. The van der Waals surface area contributed by atoms with E-state index in [9.17, 15) is 15.0 Å². The van der Waals surface area contributed by atoms with E-state index in [1.807, 2.05) is 0 Å². The number of aliphatic hydroxyl groups excluding tert-OH is 1. The van der Waals surface area contributed by atoms with Crippen molar-refractivity contribution in [3.63, 3.8) is 0 Å². The van der Waals surface area contributed by atoms with Gasteiger partial charge in [0.2, 0.25) is 0 Å². The van der Waals surface area contributed by atoms with Crippen LogP contribution < -0.4 is 9.47 Å². The third-order valence-corrected chi connectivity index (χ3v) is 4.04. The molecule has 1 aromatic carbocycles. The topological polar surface area (TPSA) is 76.0 Å². The summed E-state index contributed by atoms with van der Waals surface area (Å²) in [4.78, 5) is 11.2. The van der Waals surface area contributed by atoms with Gasteiger partial charge in [0, 0.05) is 5.92 Å². The van der Waals surface area contributed by atoms with Crippen LogP contribution in [0.3, 0.4) is 0 Å². The van der Waals surface area contributed by atoms with E-state index in [0.717, 1.165) is 12.8 Å². The Hall–Kier alpha value is -1.75. The van der Waals surface area contributed by atoms with Crippen LogP contribution in [0, 0.1) is 11.8 Å². The SMILES string of the molecule is COc1ccc(C(O)C2CCCC2C(=O)O)cc1OC. The summed E-state index contributed by atoms with van der Waals surface area (Å²) >= 11 is 0. The molecule has 3 atom stereocenters. The maximum Gasteiger partial charge on any atom is 0.306 e. The minimum Gasteiger partial charge on any atom is -0.493 e. The number of ether oxygens (including phenoxy) is 2. The van der Waals surface area contributed by atoms with E-state index in [4.69, 9.17) is 9.47 Å². The number of hydrogen-bond acceptors (Lipinski definition) is 4. The average Bonchev–Trinajstić information content (AvgIpc) is 2.95. The molecule has 1 aliphatic carbocycles. The normalized spacial score (nSPS) is 23.4. The van der Waals surface area contributed by atoms with Gasteiger partial charge in [-0.15, -0.1) is 0 Å².